The maximum Gasteiger partial charge on any atom is 1.00 e. The summed E-state index contributed by atoms with van der Waals surface area (Å²) in [5.41, 5.74) is -0.257. The quantitative estimate of drug-likeness (QED) is 0.554. The average Bonchev–Trinajstić information content (AvgIpc) is 1.79. The molecule has 0 aromatic rings. The molecule has 0 aromatic carbocycles. The van der Waals surface area contributed by atoms with Gasteiger partial charge in [0.05, 0.1) is 0 Å². The van der Waals surface area contributed by atoms with E-state index in [4.69, 9.17) is 0 Å². The number of hydrogen-bond donors (Lipinski definition) is 0. The zero-order valence-electron chi connectivity index (χ0n) is 8.42. The van der Waals surface area contributed by atoms with Crippen molar-refractivity contribution in [3.8, 4) is 0 Å². The SMILES string of the molecule is CC(=O)[N-]C(C=O)C(C)(C)C.[Rb+]. The van der Waals surface area contributed by atoms with Crippen LogP contribution in [-0.4, -0.2) is 18.2 Å². The molecule has 1 unspecified atom stereocenters. The molecule has 0 N–H and O–H groups in total. The number of nitrogens with zero attached hydrogens (tertiary/aromatic N) is 1. The normalized spacial score (nSPS) is 12.7. The second-order valence-corrected chi connectivity index (χ2v) is 3.60. The Morgan fingerprint density at radius 3 is 1.92 bits per heavy atom. The van der Waals surface area contributed by atoms with Gasteiger partial charge in [-0.2, -0.15) is 0 Å². The summed E-state index contributed by atoms with van der Waals surface area (Å²) in [5, 5.41) is 3.66. The van der Waals surface area contributed by atoms with Gasteiger partial charge in [-0.1, -0.05) is 26.8 Å². The Hall–Kier alpha value is 0.945. The molecule has 0 aromatic heterocycles. The third kappa shape index (κ3) is 6.46. The molecule has 0 rings (SSSR count). The summed E-state index contributed by atoms with van der Waals surface area (Å²) < 4.78 is 0. The van der Waals surface area contributed by atoms with Gasteiger partial charge in [0.2, 0.25) is 0 Å². The first-order chi connectivity index (χ1) is 4.88. The summed E-state index contributed by atoms with van der Waals surface area (Å²) in [5.74, 6) is -0.294. The van der Waals surface area contributed by atoms with E-state index in [0.717, 1.165) is 0 Å². The molecule has 1 amide bonds. The van der Waals surface area contributed by atoms with Crippen LogP contribution in [-0.2, 0) is 9.59 Å². The van der Waals surface area contributed by atoms with Crippen molar-refractivity contribution in [2.45, 2.75) is 33.7 Å². The minimum Gasteiger partial charge on any atom is -0.645 e. The van der Waals surface area contributed by atoms with Crippen molar-refractivity contribution in [1.29, 1.82) is 0 Å². The third-order valence-corrected chi connectivity index (χ3v) is 1.34. The van der Waals surface area contributed by atoms with Crippen LogP contribution >= 0.6 is 0 Å². The van der Waals surface area contributed by atoms with E-state index >= 15 is 0 Å². The van der Waals surface area contributed by atoms with Crippen LogP contribution in [0.5, 0.6) is 0 Å². The molecule has 0 aliphatic heterocycles. The molecule has 0 saturated heterocycles. The van der Waals surface area contributed by atoms with Crippen molar-refractivity contribution < 1.29 is 67.8 Å². The van der Waals surface area contributed by atoms with Crippen LogP contribution in [0, 0.1) is 5.41 Å². The van der Waals surface area contributed by atoms with E-state index in [0.29, 0.717) is 6.29 Å². The van der Waals surface area contributed by atoms with Gasteiger partial charge in [-0.3, -0.25) is 0 Å². The van der Waals surface area contributed by atoms with E-state index in [1.54, 1.807) is 0 Å². The number of carbonyl (C=O) groups is 2. The smallest absolute Gasteiger partial charge is 0.645 e. The second-order valence-electron chi connectivity index (χ2n) is 3.60. The first-order valence-electron chi connectivity index (χ1n) is 3.54. The van der Waals surface area contributed by atoms with Gasteiger partial charge in [0.1, 0.15) is 6.29 Å². The molecule has 12 heavy (non-hydrogen) atoms. The largest absolute Gasteiger partial charge is 1.00 e. The van der Waals surface area contributed by atoms with E-state index in [1.807, 2.05) is 20.8 Å². The monoisotopic (exact) mass is 241 g/mol. The number of amides is 1. The Morgan fingerprint density at radius 2 is 1.83 bits per heavy atom. The molecule has 64 valence electrons. The standard InChI is InChI=1S/C8H15NO2.Rb/c1-6(11)9-7(5-10)8(2,3)4;/h5,7H,1-4H3,(H,9,11);/q;+1/p-1. The maximum atomic E-state index is 10.5. The van der Waals surface area contributed by atoms with Crippen LogP contribution in [0.2, 0.25) is 0 Å². The van der Waals surface area contributed by atoms with Gasteiger partial charge in [-0.15, -0.1) is 0 Å². The Balaban J connectivity index is 0. The van der Waals surface area contributed by atoms with Crippen LogP contribution in [0.3, 0.4) is 0 Å². The number of carbonyl (C=O) groups excluding carboxylic acids is 2. The molecule has 0 fully saturated rings. The van der Waals surface area contributed by atoms with Crippen molar-refractivity contribution in [1.82, 2.24) is 0 Å². The molecule has 0 heterocycles. The van der Waals surface area contributed by atoms with Crippen LogP contribution < -0.4 is 58.2 Å². The van der Waals surface area contributed by atoms with Gasteiger partial charge in [0.15, 0.2) is 0 Å². The van der Waals surface area contributed by atoms with Crippen LogP contribution in [0.25, 0.3) is 5.32 Å². The minimum atomic E-state index is -0.514. The predicted molar refractivity (Wildman–Crippen MR) is 43.3 cm³/mol. The van der Waals surface area contributed by atoms with E-state index < -0.39 is 6.04 Å². The molecule has 0 radical (unpaired) electrons. The predicted octanol–water partition coefficient (Wildman–Crippen LogP) is -1.48. The van der Waals surface area contributed by atoms with Crippen LogP contribution in [0.4, 0.5) is 0 Å². The molecule has 0 spiro atoms. The van der Waals surface area contributed by atoms with E-state index in [2.05, 4.69) is 5.32 Å². The van der Waals surface area contributed by atoms with Crippen molar-refractivity contribution in [2.75, 3.05) is 0 Å². The summed E-state index contributed by atoms with van der Waals surface area (Å²) in [6.45, 7) is 6.97. The van der Waals surface area contributed by atoms with E-state index in [1.165, 1.54) is 6.92 Å². The van der Waals surface area contributed by atoms with Gasteiger partial charge in [-0.05, 0) is 12.3 Å². The topological polar surface area (TPSA) is 48.2 Å². The van der Waals surface area contributed by atoms with Gasteiger partial charge < -0.3 is 14.9 Å². The number of aldehydes is 1. The Morgan fingerprint density at radius 1 is 1.42 bits per heavy atom. The van der Waals surface area contributed by atoms with Gasteiger partial charge in [-0.25, -0.2) is 0 Å². The zero-order valence-corrected chi connectivity index (χ0v) is 13.3. The Labute approximate surface area is 122 Å². The fourth-order valence-electron chi connectivity index (χ4n) is 0.624. The molecule has 0 aliphatic rings. The molecule has 4 heteroatoms. The molecule has 3 nitrogen and oxygen atoms in total. The Bertz CT molecular complexity index is 163. The zero-order chi connectivity index (χ0) is 9.07. The molecule has 0 bridgehead atoms. The summed E-state index contributed by atoms with van der Waals surface area (Å²) in [7, 11) is 0. The molecular weight excluding hydrogens is 228 g/mol. The van der Waals surface area contributed by atoms with E-state index in [9.17, 15) is 9.59 Å². The second kappa shape index (κ2) is 6.41. The summed E-state index contributed by atoms with van der Waals surface area (Å²) in [6, 6.07) is -0.514. The number of hydrogen-bond acceptors (Lipinski definition) is 2. The summed E-state index contributed by atoms with van der Waals surface area (Å²) >= 11 is 0. The number of rotatable bonds is 2. The van der Waals surface area contributed by atoms with Crippen molar-refractivity contribution >= 4 is 12.2 Å². The first-order valence-corrected chi connectivity index (χ1v) is 3.54. The first kappa shape index (κ1) is 15.4. The van der Waals surface area contributed by atoms with Crippen molar-refractivity contribution in [3.63, 3.8) is 0 Å². The van der Waals surface area contributed by atoms with Crippen LogP contribution in [0.15, 0.2) is 0 Å². The molecule has 0 aliphatic carbocycles. The fourth-order valence-corrected chi connectivity index (χ4v) is 0.624. The van der Waals surface area contributed by atoms with E-state index in [-0.39, 0.29) is 69.5 Å². The molecule has 1 atom stereocenters. The van der Waals surface area contributed by atoms with Crippen molar-refractivity contribution in [2.24, 2.45) is 5.41 Å². The third-order valence-electron chi connectivity index (χ3n) is 1.34. The molecule has 0 saturated carbocycles. The minimum absolute atomic E-state index is 0. The average molecular weight is 242 g/mol. The molecular formula is C8H14NO2Rb. The fraction of sp³-hybridized carbons (Fsp3) is 0.750. The maximum absolute atomic E-state index is 10.5. The van der Waals surface area contributed by atoms with Crippen LogP contribution in [0.1, 0.15) is 27.7 Å². The van der Waals surface area contributed by atoms with Crippen molar-refractivity contribution in [3.05, 3.63) is 5.32 Å². The summed E-state index contributed by atoms with van der Waals surface area (Å²) in [6.07, 6.45) is 0.710. The Kier molecular flexibility index (Phi) is 8.23. The van der Waals surface area contributed by atoms with Gasteiger partial charge in [0, 0.05) is 5.91 Å². The van der Waals surface area contributed by atoms with Gasteiger partial charge in [0.25, 0.3) is 0 Å². The summed E-state index contributed by atoms with van der Waals surface area (Å²) in [4.78, 5) is 21.0. The van der Waals surface area contributed by atoms with Gasteiger partial charge >= 0.3 is 58.2 Å².